The number of aromatic amines is 1. The van der Waals surface area contributed by atoms with Crippen molar-refractivity contribution in [2.45, 2.75) is 25.7 Å². The third-order valence-electron chi connectivity index (χ3n) is 3.13. The Morgan fingerprint density at radius 2 is 2.06 bits per heavy atom. The van der Waals surface area contributed by atoms with E-state index in [2.05, 4.69) is 15.0 Å². The first-order chi connectivity index (χ1) is 8.33. The smallest absolute Gasteiger partial charge is 0.133 e. The largest absolute Gasteiger partial charge is 0.347 e. The number of aromatic nitrogens is 3. The first kappa shape index (κ1) is 10.6. The summed E-state index contributed by atoms with van der Waals surface area (Å²) < 4.78 is 0.778. The Morgan fingerprint density at radius 3 is 2.88 bits per heavy atom. The predicted octanol–water partition coefficient (Wildman–Crippen LogP) is 2.61. The molecule has 1 N–H and O–H groups in total. The molecule has 1 aliphatic carbocycles. The molecule has 1 aliphatic rings. The summed E-state index contributed by atoms with van der Waals surface area (Å²) in [5.41, 5.74) is 3.74. The van der Waals surface area contributed by atoms with Crippen molar-refractivity contribution in [3.05, 3.63) is 51.8 Å². The summed E-state index contributed by atoms with van der Waals surface area (Å²) in [6, 6.07) is 4.01. The number of fused-ring (bicyclic) bond motifs is 1. The number of nitrogens with one attached hydrogen (secondary N) is 1. The first-order valence-corrected chi connectivity index (χ1v) is 6.23. The molecule has 0 aliphatic heterocycles. The molecule has 0 atom stereocenters. The van der Waals surface area contributed by atoms with E-state index in [1.165, 1.54) is 23.2 Å². The van der Waals surface area contributed by atoms with E-state index >= 15 is 0 Å². The fourth-order valence-electron chi connectivity index (χ4n) is 2.29. The number of H-pyrrole nitrogens is 1. The van der Waals surface area contributed by atoms with Crippen LogP contribution in [0, 0.1) is 4.64 Å². The standard InChI is InChI=1S/C13H13N3S/c17-13-10-2-1-3-11(10)15-12(16-13)8-9-4-6-14-7-5-9/h4-7H,1-3,8H2,(H,15,16,17). The second kappa shape index (κ2) is 4.37. The quantitative estimate of drug-likeness (QED) is 0.824. The maximum atomic E-state index is 5.34. The molecule has 2 aromatic rings. The highest BCUT2D eigenvalue weighted by Gasteiger charge is 2.14. The van der Waals surface area contributed by atoms with Crippen LogP contribution in [0.2, 0.25) is 0 Å². The van der Waals surface area contributed by atoms with Crippen molar-refractivity contribution in [1.29, 1.82) is 0 Å². The second-order valence-corrected chi connectivity index (χ2v) is 4.72. The Kier molecular flexibility index (Phi) is 2.73. The van der Waals surface area contributed by atoms with Crippen LogP contribution in [0.15, 0.2) is 24.5 Å². The lowest BCUT2D eigenvalue weighted by Crippen LogP contribution is -2.02. The molecule has 0 unspecified atom stereocenters. The maximum absolute atomic E-state index is 5.34. The van der Waals surface area contributed by atoms with Crippen LogP contribution in [0.3, 0.4) is 0 Å². The van der Waals surface area contributed by atoms with Gasteiger partial charge in [0.1, 0.15) is 10.5 Å². The molecule has 0 fully saturated rings. The van der Waals surface area contributed by atoms with Crippen LogP contribution in [0.5, 0.6) is 0 Å². The number of nitrogens with zero attached hydrogens (tertiary/aromatic N) is 2. The van der Waals surface area contributed by atoms with Gasteiger partial charge in [-0.1, -0.05) is 12.2 Å². The maximum Gasteiger partial charge on any atom is 0.133 e. The van der Waals surface area contributed by atoms with Gasteiger partial charge in [-0.2, -0.15) is 0 Å². The normalized spacial score (nSPS) is 13.6. The van der Waals surface area contributed by atoms with E-state index in [4.69, 9.17) is 12.2 Å². The van der Waals surface area contributed by atoms with Crippen LogP contribution in [0.25, 0.3) is 0 Å². The van der Waals surface area contributed by atoms with Gasteiger partial charge in [-0.05, 0) is 37.0 Å². The molecular weight excluding hydrogens is 230 g/mol. The molecule has 17 heavy (non-hydrogen) atoms. The minimum atomic E-state index is 0.778. The lowest BCUT2D eigenvalue weighted by molar-refractivity contribution is 0.884. The van der Waals surface area contributed by atoms with Gasteiger partial charge < -0.3 is 4.98 Å². The minimum absolute atomic E-state index is 0.778. The van der Waals surface area contributed by atoms with Gasteiger partial charge in [0.05, 0.1) is 0 Å². The summed E-state index contributed by atoms with van der Waals surface area (Å²) in [5.74, 6) is 0.960. The van der Waals surface area contributed by atoms with Crippen molar-refractivity contribution in [2.75, 3.05) is 0 Å². The van der Waals surface area contributed by atoms with Crippen LogP contribution >= 0.6 is 12.2 Å². The highest BCUT2D eigenvalue weighted by Crippen LogP contribution is 2.20. The van der Waals surface area contributed by atoms with Gasteiger partial charge >= 0.3 is 0 Å². The van der Waals surface area contributed by atoms with Crippen LogP contribution in [0.1, 0.15) is 29.1 Å². The van der Waals surface area contributed by atoms with E-state index < -0.39 is 0 Å². The molecule has 4 heteroatoms. The fourth-order valence-corrected chi connectivity index (χ4v) is 2.62. The van der Waals surface area contributed by atoms with Crippen molar-refractivity contribution in [3.8, 4) is 0 Å². The third kappa shape index (κ3) is 2.13. The van der Waals surface area contributed by atoms with Crippen molar-refractivity contribution in [2.24, 2.45) is 0 Å². The molecule has 0 spiro atoms. The highest BCUT2D eigenvalue weighted by molar-refractivity contribution is 7.71. The van der Waals surface area contributed by atoms with Gasteiger partial charge in [0.2, 0.25) is 0 Å². The summed E-state index contributed by atoms with van der Waals surface area (Å²) in [4.78, 5) is 11.9. The Balaban J connectivity index is 1.95. The molecule has 86 valence electrons. The summed E-state index contributed by atoms with van der Waals surface area (Å²) in [6.45, 7) is 0. The predicted molar refractivity (Wildman–Crippen MR) is 68.5 cm³/mol. The monoisotopic (exact) mass is 243 g/mol. The SMILES string of the molecule is S=c1nc(Cc2ccncc2)[nH]c2c1CCC2. The van der Waals surface area contributed by atoms with E-state index in [1.54, 1.807) is 12.4 Å². The minimum Gasteiger partial charge on any atom is -0.347 e. The molecule has 0 amide bonds. The van der Waals surface area contributed by atoms with E-state index in [-0.39, 0.29) is 0 Å². The zero-order valence-electron chi connectivity index (χ0n) is 9.44. The van der Waals surface area contributed by atoms with Gasteiger partial charge in [0, 0.05) is 30.1 Å². The van der Waals surface area contributed by atoms with Crippen molar-refractivity contribution in [1.82, 2.24) is 15.0 Å². The molecule has 0 radical (unpaired) electrons. The lowest BCUT2D eigenvalue weighted by Gasteiger charge is -2.05. The summed E-state index contributed by atoms with van der Waals surface area (Å²) in [5, 5.41) is 0. The molecule has 0 saturated heterocycles. The van der Waals surface area contributed by atoms with Gasteiger partial charge in [0.25, 0.3) is 0 Å². The highest BCUT2D eigenvalue weighted by atomic mass is 32.1. The zero-order valence-corrected chi connectivity index (χ0v) is 10.3. The summed E-state index contributed by atoms with van der Waals surface area (Å²) in [6.07, 6.45) is 7.77. The van der Waals surface area contributed by atoms with Crippen molar-refractivity contribution in [3.63, 3.8) is 0 Å². The second-order valence-electron chi connectivity index (χ2n) is 4.33. The number of hydrogen-bond acceptors (Lipinski definition) is 3. The van der Waals surface area contributed by atoms with Crippen LogP contribution in [-0.2, 0) is 19.3 Å². The molecule has 0 aromatic carbocycles. The van der Waals surface area contributed by atoms with Crippen LogP contribution < -0.4 is 0 Å². The lowest BCUT2D eigenvalue weighted by atomic mass is 10.2. The van der Waals surface area contributed by atoms with E-state index in [9.17, 15) is 0 Å². The molecule has 0 bridgehead atoms. The Bertz CT molecular complexity index is 589. The Labute approximate surface area is 105 Å². The summed E-state index contributed by atoms with van der Waals surface area (Å²) in [7, 11) is 0. The molecule has 3 nitrogen and oxygen atoms in total. The van der Waals surface area contributed by atoms with Crippen molar-refractivity contribution < 1.29 is 0 Å². The summed E-state index contributed by atoms with van der Waals surface area (Å²) >= 11 is 5.34. The first-order valence-electron chi connectivity index (χ1n) is 5.83. The molecule has 2 aromatic heterocycles. The average molecular weight is 243 g/mol. The average Bonchev–Trinajstić information content (AvgIpc) is 2.79. The fraction of sp³-hybridized carbons (Fsp3) is 0.308. The van der Waals surface area contributed by atoms with Gasteiger partial charge in [-0.25, -0.2) is 4.98 Å². The van der Waals surface area contributed by atoms with Gasteiger partial charge in [0.15, 0.2) is 0 Å². The Morgan fingerprint density at radius 1 is 1.24 bits per heavy atom. The Hall–Kier alpha value is -1.55. The van der Waals surface area contributed by atoms with Crippen LogP contribution in [0.4, 0.5) is 0 Å². The molecular formula is C13H13N3S. The molecule has 0 saturated carbocycles. The number of pyridine rings is 1. The van der Waals surface area contributed by atoms with E-state index in [0.29, 0.717) is 0 Å². The van der Waals surface area contributed by atoms with E-state index in [0.717, 1.165) is 29.7 Å². The number of hydrogen-bond donors (Lipinski definition) is 1. The molecule has 2 heterocycles. The molecule has 3 rings (SSSR count). The van der Waals surface area contributed by atoms with Crippen molar-refractivity contribution >= 4 is 12.2 Å². The topological polar surface area (TPSA) is 41.6 Å². The number of aryl methyl sites for hydroxylation is 1. The van der Waals surface area contributed by atoms with Crippen LogP contribution in [-0.4, -0.2) is 15.0 Å². The van der Waals surface area contributed by atoms with Gasteiger partial charge in [-0.15, -0.1) is 0 Å². The van der Waals surface area contributed by atoms with E-state index in [1.807, 2.05) is 12.1 Å². The zero-order chi connectivity index (χ0) is 11.7. The third-order valence-corrected chi connectivity index (χ3v) is 3.47. The van der Waals surface area contributed by atoms with Gasteiger partial charge in [-0.3, -0.25) is 4.98 Å². The number of rotatable bonds is 2.